The van der Waals surface area contributed by atoms with Gasteiger partial charge in [-0.3, -0.25) is 14.4 Å². The van der Waals surface area contributed by atoms with Crippen LogP contribution < -0.4 is 16.0 Å². The van der Waals surface area contributed by atoms with Crippen LogP contribution in [0.15, 0.2) is 0 Å². The van der Waals surface area contributed by atoms with Crippen LogP contribution in [0, 0.1) is 0 Å². The molecule has 164 valence electrons. The molecule has 0 heterocycles. The molecule has 0 aliphatic carbocycles. The minimum absolute atomic E-state index is 0.0327. The van der Waals surface area contributed by atoms with Gasteiger partial charge in [0, 0.05) is 19.3 Å². The Morgan fingerprint density at radius 2 is 1.00 bits per heavy atom. The molecule has 0 spiro atoms. The maximum absolute atomic E-state index is 11.9. The quantitative estimate of drug-likeness (QED) is 0.187. The average molecular weight is 417 g/mol. The van der Waals surface area contributed by atoms with Gasteiger partial charge in [0.2, 0.25) is 11.8 Å². The van der Waals surface area contributed by atoms with E-state index in [0.29, 0.717) is 0 Å². The number of hydrogen-bond donors (Lipinski definition) is 6. The third-order valence-corrected chi connectivity index (χ3v) is 4.02. The van der Waals surface area contributed by atoms with Gasteiger partial charge in [0.15, 0.2) is 0 Å². The average Bonchev–Trinajstić information content (AvgIpc) is 2.61. The monoisotopic (exact) mass is 417 g/mol. The highest BCUT2D eigenvalue weighted by atomic mass is 16.4. The zero-order chi connectivity index (χ0) is 22.6. The van der Waals surface area contributed by atoms with E-state index >= 15 is 0 Å². The molecule has 12 heteroatoms. The Hall–Kier alpha value is -3.02. The second-order valence-corrected chi connectivity index (χ2v) is 6.41. The molecule has 0 saturated carbocycles. The fourth-order valence-electron chi connectivity index (χ4n) is 2.34. The maximum atomic E-state index is 11.9. The number of carboxylic acids is 3. The van der Waals surface area contributed by atoms with Crippen molar-refractivity contribution in [1.29, 1.82) is 0 Å². The van der Waals surface area contributed by atoms with Crippen LogP contribution in [0.1, 0.15) is 45.4 Å². The molecule has 0 aromatic heterocycles. The van der Waals surface area contributed by atoms with Crippen molar-refractivity contribution in [3.63, 3.8) is 0 Å². The number of amides is 2. The first-order valence-corrected chi connectivity index (χ1v) is 8.91. The van der Waals surface area contributed by atoms with Crippen molar-refractivity contribution >= 4 is 35.5 Å². The van der Waals surface area contributed by atoms with E-state index in [-0.39, 0.29) is 44.3 Å². The van der Waals surface area contributed by atoms with Gasteiger partial charge in [0.25, 0.3) is 0 Å². The Balaban J connectivity index is 4.61. The molecule has 0 unspecified atom stereocenters. The van der Waals surface area contributed by atoms with Crippen LogP contribution in [0.25, 0.3) is 0 Å². The molecule has 0 aromatic rings. The predicted molar refractivity (Wildman–Crippen MR) is 98.0 cm³/mol. The fraction of sp³-hybridized carbons (Fsp3) is 0.647. The van der Waals surface area contributed by atoms with Gasteiger partial charge in [-0.15, -0.1) is 0 Å². The van der Waals surface area contributed by atoms with Crippen molar-refractivity contribution in [2.45, 2.75) is 63.6 Å². The van der Waals surface area contributed by atoms with Gasteiger partial charge in [-0.2, -0.15) is 0 Å². The smallest absolute Gasteiger partial charge is 0.326 e. The van der Waals surface area contributed by atoms with Gasteiger partial charge >= 0.3 is 17.9 Å². The standard InChI is InChI=1S/C17H27N3O9/c1-9(21)3-4-11(16(26)27)19-14(23)8-6-12(17(28)29)20-13(22)7-5-10(18-2)15(24)25/h10-12,18H,3-8H2,1-2H3,(H,19,23)(H,20,22)(H,24,25)(H,26,27)(H,28,29)/t10-,11-,12-/m0/s1. The molecule has 0 fully saturated rings. The number of ketones is 1. The Bertz CT molecular complexity index is 636. The van der Waals surface area contributed by atoms with Gasteiger partial charge < -0.3 is 36.1 Å². The van der Waals surface area contributed by atoms with Crippen LogP contribution in [0.4, 0.5) is 0 Å². The Morgan fingerprint density at radius 3 is 1.31 bits per heavy atom. The second-order valence-electron chi connectivity index (χ2n) is 6.41. The number of aliphatic carboxylic acids is 3. The normalized spacial score (nSPS) is 13.6. The number of hydrogen-bond acceptors (Lipinski definition) is 7. The third kappa shape index (κ3) is 11.4. The molecule has 0 bridgehead atoms. The van der Waals surface area contributed by atoms with E-state index in [1.54, 1.807) is 0 Å². The van der Waals surface area contributed by atoms with Crippen LogP contribution in [0.2, 0.25) is 0 Å². The van der Waals surface area contributed by atoms with E-state index in [0.717, 1.165) is 0 Å². The SMILES string of the molecule is CN[C@@H](CCC(=O)N[C@@H](CCC(=O)N[C@@H](CCC(C)=O)C(=O)O)C(=O)O)C(=O)O. The van der Waals surface area contributed by atoms with Crippen LogP contribution in [-0.2, 0) is 28.8 Å². The van der Waals surface area contributed by atoms with Gasteiger partial charge in [-0.1, -0.05) is 0 Å². The summed E-state index contributed by atoms with van der Waals surface area (Å²) >= 11 is 0. The van der Waals surface area contributed by atoms with Crippen LogP contribution in [0.3, 0.4) is 0 Å². The molecule has 0 saturated heterocycles. The summed E-state index contributed by atoms with van der Waals surface area (Å²) in [6.07, 6.45) is -1.07. The molecule has 29 heavy (non-hydrogen) atoms. The molecule has 0 aromatic carbocycles. The molecule has 3 atom stereocenters. The van der Waals surface area contributed by atoms with Crippen LogP contribution in [0.5, 0.6) is 0 Å². The molecule has 6 N–H and O–H groups in total. The molecule has 0 radical (unpaired) electrons. The minimum atomic E-state index is -1.40. The lowest BCUT2D eigenvalue weighted by Crippen LogP contribution is -2.44. The largest absolute Gasteiger partial charge is 0.480 e. The van der Waals surface area contributed by atoms with Crippen molar-refractivity contribution in [2.24, 2.45) is 0 Å². The van der Waals surface area contributed by atoms with Gasteiger partial charge in [-0.05, 0) is 33.2 Å². The highest BCUT2D eigenvalue weighted by molar-refractivity contribution is 5.86. The van der Waals surface area contributed by atoms with Crippen LogP contribution >= 0.6 is 0 Å². The van der Waals surface area contributed by atoms with Crippen molar-refractivity contribution < 1.29 is 44.1 Å². The number of carboxylic acid groups (broad SMARTS) is 3. The molecular formula is C17H27N3O9. The number of Topliss-reactive ketones (excluding diaryl/α,β-unsaturated/α-hetero) is 1. The van der Waals surface area contributed by atoms with Gasteiger partial charge in [-0.25, -0.2) is 9.59 Å². The van der Waals surface area contributed by atoms with Crippen molar-refractivity contribution in [3.8, 4) is 0 Å². The molecule has 0 aliphatic heterocycles. The van der Waals surface area contributed by atoms with E-state index in [9.17, 15) is 33.9 Å². The molecular weight excluding hydrogens is 390 g/mol. The van der Waals surface area contributed by atoms with E-state index in [1.807, 2.05) is 0 Å². The lowest BCUT2D eigenvalue weighted by Gasteiger charge is -2.17. The minimum Gasteiger partial charge on any atom is -0.480 e. The molecule has 0 aliphatic rings. The Kier molecular flexibility index (Phi) is 11.8. The first kappa shape index (κ1) is 26.0. The number of nitrogens with one attached hydrogen (secondary N) is 3. The topological polar surface area (TPSA) is 199 Å². The first-order chi connectivity index (χ1) is 13.5. The summed E-state index contributed by atoms with van der Waals surface area (Å²) in [6.45, 7) is 1.29. The Morgan fingerprint density at radius 1 is 0.655 bits per heavy atom. The zero-order valence-electron chi connectivity index (χ0n) is 16.3. The van der Waals surface area contributed by atoms with E-state index in [4.69, 9.17) is 10.2 Å². The van der Waals surface area contributed by atoms with Gasteiger partial charge in [0.1, 0.15) is 23.9 Å². The summed E-state index contributed by atoms with van der Waals surface area (Å²) in [6, 6.07) is -3.64. The fourth-order valence-corrected chi connectivity index (χ4v) is 2.34. The Labute approximate surface area is 167 Å². The van der Waals surface area contributed by atoms with E-state index in [1.165, 1.54) is 14.0 Å². The van der Waals surface area contributed by atoms with E-state index in [2.05, 4.69) is 16.0 Å². The summed E-state index contributed by atoms with van der Waals surface area (Å²) in [4.78, 5) is 68.0. The lowest BCUT2D eigenvalue weighted by atomic mass is 10.1. The number of rotatable bonds is 15. The maximum Gasteiger partial charge on any atom is 0.326 e. The summed E-state index contributed by atoms with van der Waals surface area (Å²) in [5.74, 6) is -5.51. The highest BCUT2D eigenvalue weighted by Crippen LogP contribution is 2.04. The summed E-state index contributed by atoms with van der Waals surface area (Å²) < 4.78 is 0. The van der Waals surface area contributed by atoms with Crippen LogP contribution in [-0.4, -0.2) is 76.0 Å². The zero-order valence-corrected chi connectivity index (χ0v) is 16.3. The summed E-state index contributed by atoms with van der Waals surface area (Å²) in [7, 11) is 1.41. The second kappa shape index (κ2) is 13.2. The first-order valence-electron chi connectivity index (χ1n) is 8.91. The third-order valence-electron chi connectivity index (χ3n) is 4.02. The molecule has 2 amide bonds. The predicted octanol–water partition coefficient (Wildman–Crippen LogP) is -1.27. The molecule has 12 nitrogen and oxygen atoms in total. The van der Waals surface area contributed by atoms with Crippen molar-refractivity contribution in [1.82, 2.24) is 16.0 Å². The number of carbonyl (C=O) groups is 6. The highest BCUT2D eigenvalue weighted by Gasteiger charge is 2.24. The number of carbonyl (C=O) groups excluding carboxylic acids is 3. The molecule has 0 rings (SSSR count). The van der Waals surface area contributed by atoms with E-state index < -0.39 is 47.8 Å². The summed E-state index contributed by atoms with van der Waals surface area (Å²) in [5.41, 5.74) is 0. The van der Waals surface area contributed by atoms with Gasteiger partial charge in [0.05, 0.1) is 0 Å². The summed E-state index contributed by atoms with van der Waals surface area (Å²) in [5, 5.41) is 34.0. The van der Waals surface area contributed by atoms with Crippen molar-refractivity contribution in [3.05, 3.63) is 0 Å². The van der Waals surface area contributed by atoms with Crippen molar-refractivity contribution in [2.75, 3.05) is 7.05 Å². The lowest BCUT2D eigenvalue weighted by molar-refractivity contribution is -0.143. The number of likely N-dealkylation sites (N-methyl/N-ethyl adjacent to an activating group) is 1.